The van der Waals surface area contributed by atoms with E-state index in [2.05, 4.69) is 0 Å². The van der Waals surface area contributed by atoms with Gasteiger partial charge in [0.05, 0.1) is 11.9 Å². The number of carboxylic acids is 2. The van der Waals surface area contributed by atoms with Crippen molar-refractivity contribution in [3.63, 3.8) is 0 Å². The number of aliphatic carboxylic acids is 2. The smallest absolute Gasteiger partial charge is 0.549 e. The second-order valence-electron chi connectivity index (χ2n) is 2.20. The molecule has 0 saturated heterocycles. The molecule has 4 nitrogen and oxygen atoms in total. The Labute approximate surface area is 88.2 Å². The SMILES string of the molecule is CC(C)(C(=O)[O-])C(=O)[O-].[Ca+2]. The monoisotopic (exact) mass is 170 g/mol. The molecule has 0 aromatic carbocycles. The van der Waals surface area contributed by atoms with Gasteiger partial charge in [-0.2, -0.15) is 0 Å². The molecule has 0 aliphatic heterocycles. The summed E-state index contributed by atoms with van der Waals surface area (Å²) in [6, 6.07) is 0. The van der Waals surface area contributed by atoms with Crippen LogP contribution in [0.15, 0.2) is 0 Å². The molecule has 0 aliphatic rings. The van der Waals surface area contributed by atoms with Gasteiger partial charge in [-0.05, 0) is 13.8 Å². The van der Waals surface area contributed by atoms with Crippen LogP contribution in [0.3, 0.4) is 0 Å². The maximum Gasteiger partial charge on any atom is 2.00 e. The maximum atomic E-state index is 9.93. The van der Waals surface area contributed by atoms with Gasteiger partial charge in [0.25, 0.3) is 0 Å². The Bertz CT molecular complexity index is 136. The van der Waals surface area contributed by atoms with Crippen LogP contribution in [-0.4, -0.2) is 49.7 Å². The molecule has 0 saturated carbocycles. The largest absolute Gasteiger partial charge is 2.00 e. The molecule has 0 spiro atoms. The van der Waals surface area contributed by atoms with Gasteiger partial charge in [-0.15, -0.1) is 0 Å². The topological polar surface area (TPSA) is 80.3 Å². The maximum absolute atomic E-state index is 9.93. The fourth-order valence-corrected chi connectivity index (χ4v) is 0.0833. The zero-order chi connectivity index (χ0) is 7.65. The van der Waals surface area contributed by atoms with Crippen LogP contribution >= 0.6 is 0 Å². The van der Waals surface area contributed by atoms with Crippen LogP contribution in [0.2, 0.25) is 0 Å². The third-order valence-electron chi connectivity index (χ3n) is 1.02. The van der Waals surface area contributed by atoms with Crippen LogP contribution in [0, 0.1) is 5.41 Å². The number of rotatable bonds is 2. The molecular weight excluding hydrogens is 164 g/mol. The molecule has 0 aliphatic carbocycles. The van der Waals surface area contributed by atoms with E-state index in [-0.39, 0.29) is 37.7 Å². The molecule has 0 N–H and O–H groups in total. The summed E-state index contributed by atoms with van der Waals surface area (Å²) in [7, 11) is 0. The summed E-state index contributed by atoms with van der Waals surface area (Å²) in [6.45, 7) is 2.02. The van der Waals surface area contributed by atoms with Crippen molar-refractivity contribution in [1.29, 1.82) is 0 Å². The standard InChI is InChI=1S/C5H8O4.Ca/c1-5(2,3(6)7)4(8)9;/h1-2H3,(H,6,7)(H,8,9);/q;+2/p-2. The molecule has 0 atom stereocenters. The van der Waals surface area contributed by atoms with E-state index < -0.39 is 17.4 Å². The van der Waals surface area contributed by atoms with Crippen LogP contribution in [0.4, 0.5) is 0 Å². The molecule has 5 heteroatoms. The van der Waals surface area contributed by atoms with Gasteiger partial charge in [-0.3, -0.25) is 0 Å². The molecule has 0 radical (unpaired) electrons. The Morgan fingerprint density at radius 3 is 1.30 bits per heavy atom. The van der Waals surface area contributed by atoms with Crippen molar-refractivity contribution in [2.24, 2.45) is 5.41 Å². The first-order valence-electron chi connectivity index (χ1n) is 2.32. The van der Waals surface area contributed by atoms with Gasteiger partial charge >= 0.3 is 37.7 Å². The van der Waals surface area contributed by atoms with E-state index in [1.807, 2.05) is 0 Å². The second-order valence-corrected chi connectivity index (χ2v) is 2.20. The third kappa shape index (κ3) is 2.86. The Morgan fingerprint density at radius 1 is 1.10 bits per heavy atom. The Hall–Kier alpha value is 0.200. The molecule has 0 fully saturated rings. The van der Waals surface area contributed by atoms with E-state index >= 15 is 0 Å². The van der Waals surface area contributed by atoms with Gasteiger partial charge in [0.1, 0.15) is 0 Å². The van der Waals surface area contributed by atoms with Gasteiger partial charge in [-0.1, -0.05) is 0 Å². The minimum atomic E-state index is -1.89. The zero-order valence-corrected chi connectivity index (χ0v) is 8.05. The molecule has 0 aromatic heterocycles. The molecule has 0 amide bonds. The first-order valence-corrected chi connectivity index (χ1v) is 2.32. The fraction of sp³-hybridized carbons (Fsp3) is 0.600. The number of carboxylic acid groups (broad SMARTS) is 2. The number of carbonyl (C=O) groups is 2. The van der Waals surface area contributed by atoms with E-state index in [0.29, 0.717) is 0 Å². The first-order chi connectivity index (χ1) is 3.89. The van der Waals surface area contributed by atoms with Crippen molar-refractivity contribution in [2.75, 3.05) is 0 Å². The van der Waals surface area contributed by atoms with E-state index in [1.54, 1.807) is 0 Å². The molecule has 0 unspecified atom stereocenters. The Balaban J connectivity index is 0. The summed E-state index contributed by atoms with van der Waals surface area (Å²) in [6.07, 6.45) is 0. The van der Waals surface area contributed by atoms with Gasteiger partial charge in [0.2, 0.25) is 0 Å². The predicted molar refractivity (Wildman–Crippen MR) is 29.5 cm³/mol. The molecule has 0 heterocycles. The van der Waals surface area contributed by atoms with Crippen molar-refractivity contribution >= 4 is 49.7 Å². The van der Waals surface area contributed by atoms with Crippen molar-refractivity contribution < 1.29 is 19.8 Å². The van der Waals surface area contributed by atoms with Gasteiger partial charge in [-0.25, -0.2) is 0 Å². The molecular formula is C5H6CaO4. The van der Waals surface area contributed by atoms with Crippen LogP contribution < -0.4 is 10.2 Å². The molecule has 52 valence electrons. The first kappa shape index (κ1) is 12.8. The summed E-state index contributed by atoms with van der Waals surface area (Å²) >= 11 is 0. The van der Waals surface area contributed by atoms with Crippen molar-refractivity contribution in [2.45, 2.75) is 13.8 Å². The number of hydrogen-bond acceptors (Lipinski definition) is 4. The van der Waals surface area contributed by atoms with Crippen LogP contribution in [0.1, 0.15) is 13.8 Å². The fourth-order valence-electron chi connectivity index (χ4n) is 0.0833. The number of hydrogen-bond donors (Lipinski definition) is 0. The normalized spacial score (nSPS) is 9.80. The quantitative estimate of drug-likeness (QED) is 0.329. The van der Waals surface area contributed by atoms with Gasteiger partial charge in [0, 0.05) is 5.41 Å². The summed E-state index contributed by atoms with van der Waals surface area (Å²) < 4.78 is 0. The second kappa shape index (κ2) is 4.16. The van der Waals surface area contributed by atoms with Crippen LogP contribution in [0.25, 0.3) is 0 Å². The average Bonchev–Trinajstić information content (AvgIpc) is 1.65. The summed E-state index contributed by atoms with van der Waals surface area (Å²) in [5, 5.41) is 19.9. The average molecular weight is 170 g/mol. The van der Waals surface area contributed by atoms with Crippen LogP contribution in [0.5, 0.6) is 0 Å². The predicted octanol–water partition coefficient (Wildman–Crippen LogP) is -2.87. The third-order valence-corrected chi connectivity index (χ3v) is 1.02. The molecule has 10 heavy (non-hydrogen) atoms. The molecule has 0 bridgehead atoms. The van der Waals surface area contributed by atoms with Crippen molar-refractivity contribution in [1.82, 2.24) is 0 Å². The van der Waals surface area contributed by atoms with Crippen molar-refractivity contribution in [3.05, 3.63) is 0 Å². The molecule has 0 rings (SSSR count). The van der Waals surface area contributed by atoms with E-state index in [9.17, 15) is 19.8 Å². The van der Waals surface area contributed by atoms with Crippen LogP contribution in [-0.2, 0) is 9.59 Å². The summed E-state index contributed by atoms with van der Waals surface area (Å²) in [5.74, 6) is -3.27. The molecule has 0 aromatic rings. The zero-order valence-electron chi connectivity index (χ0n) is 5.84. The Kier molecular flexibility index (Phi) is 5.34. The number of carbonyl (C=O) groups excluding carboxylic acids is 2. The van der Waals surface area contributed by atoms with E-state index in [0.717, 1.165) is 13.8 Å². The van der Waals surface area contributed by atoms with E-state index in [1.165, 1.54) is 0 Å². The minimum Gasteiger partial charge on any atom is -0.549 e. The minimum absolute atomic E-state index is 0. The summed E-state index contributed by atoms with van der Waals surface area (Å²) in [4.78, 5) is 19.9. The van der Waals surface area contributed by atoms with Gasteiger partial charge in [0.15, 0.2) is 0 Å². The van der Waals surface area contributed by atoms with E-state index in [4.69, 9.17) is 0 Å². The van der Waals surface area contributed by atoms with Gasteiger partial charge < -0.3 is 19.8 Å². The van der Waals surface area contributed by atoms with Crippen molar-refractivity contribution in [3.8, 4) is 0 Å². The Morgan fingerprint density at radius 2 is 1.30 bits per heavy atom. The summed E-state index contributed by atoms with van der Waals surface area (Å²) in [5.41, 5.74) is -1.89.